The van der Waals surface area contributed by atoms with Gasteiger partial charge in [0.05, 0.1) is 10.1 Å². The molecule has 0 atom stereocenters. The fourth-order valence-corrected chi connectivity index (χ4v) is 2.27. The molecule has 4 rings (SSSR count). The summed E-state index contributed by atoms with van der Waals surface area (Å²) in [6.45, 7) is 0. The van der Waals surface area contributed by atoms with Gasteiger partial charge in [0.15, 0.2) is 0 Å². The van der Waals surface area contributed by atoms with Gasteiger partial charge in [-0.05, 0) is 21.5 Å². The maximum Gasteiger partial charge on any atom is 1.00 e. The minimum Gasteiger partial charge on any atom is -0.748 e. The first kappa shape index (κ1) is 22.4. The van der Waals surface area contributed by atoms with Crippen molar-refractivity contribution in [3.8, 4) is 0 Å². The Morgan fingerprint density at radius 3 is 0.769 bits per heavy atom. The molecule has 0 amide bonds. The van der Waals surface area contributed by atoms with Crippen LogP contribution >= 0.6 is 0 Å². The smallest absolute Gasteiger partial charge is 0.748 e. The molecule has 0 aliphatic rings. The van der Waals surface area contributed by atoms with Gasteiger partial charge in [-0.2, -0.15) is 0 Å². The van der Waals surface area contributed by atoms with Gasteiger partial charge in [0.2, 0.25) is 0 Å². The molecule has 4 aromatic carbocycles. The second-order valence-electron chi connectivity index (χ2n) is 5.40. The van der Waals surface area contributed by atoms with E-state index in [2.05, 4.69) is 97.1 Å². The fourth-order valence-electron chi connectivity index (χ4n) is 2.27. The second kappa shape index (κ2) is 11.1. The summed E-state index contributed by atoms with van der Waals surface area (Å²) in [5.41, 5.74) is 0. The molecule has 0 saturated heterocycles. The first-order chi connectivity index (χ1) is 11.9. The first-order valence-electron chi connectivity index (χ1n) is 7.72. The van der Waals surface area contributed by atoms with E-state index in [9.17, 15) is 0 Å². The van der Waals surface area contributed by atoms with Crippen LogP contribution in [0.25, 0.3) is 21.5 Å². The number of hydrogen-bond donors (Lipinski definition) is 0. The molecule has 0 radical (unpaired) electrons. The summed E-state index contributed by atoms with van der Waals surface area (Å²) in [7, 11) is -3.92. The van der Waals surface area contributed by atoms with E-state index < -0.39 is 10.1 Å². The molecule has 0 aliphatic carbocycles. The van der Waals surface area contributed by atoms with Crippen LogP contribution in [0.5, 0.6) is 0 Å². The predicted molar refractivity (Wildman–Crippen MR) is 104 cm³/mol. The van der Waals surface area contributed by atoms with Crippen molar-refractivity contribution in [1.82, 2.24) is 0 Å². The van der Waals surface area contributed by atoms with Crippen molar-refractivity contribution in [2.24, 2.45) is 0 Å². The van der Waals surface area contributed by atoms with Crippen LogP contribution in [0, 0.1) is 0 Å². The summed E-state index contributed by atoms with van der Waals surface area (Å²) in [6, 6.07) is 33.4. The number of rotatable bonds is 0. The average Bonchev–Trinajstić information content (AvgIpc) is 2.61. The van der Waals surface area contributed by atoms with Gasteiger partial charge in [0.25, 0.3) is 0 Å². The zero-order valence-electron chi connectivity index (χ0n) is 14.9. The summed E-state index contributed by atoms with van der Waals surface area (Å²) in [4.78, 5) is 0. The fraction of sp³-hybridized carbons (Fsp3) is 0.0476. The molecule has 4 aromatic rings. The van der Waals surface area contributed by atoms with Crippen LogP contribution in [0.2, 0.25) is 0 Å². The second-order valence-corrected chi connectivity index (χ2v) is 6.81. The molecule has 0 bridgehead atoms. The molecule has 0 aromatic heterocycles. The topological polar surface area (TPSA) is 57.2 Å². The Labute approximate surface area is 176 Å². The van der Waals surface area contributed by atoms with Gasteiger partial charge in [-0.1, -0.05) is 97.1 Å². The van der Waals surface area contributed by atoms with Crippen LogP contribution in [0.1, 0.15) is 0 Å². The average molecular weight is 374 g/mol. The Morgan fingerprint density at radius 1 is 0.538 bits per heavy atom. The van der Waals surface area contributed by atoms with Gasteiger partial charge in [0.1, 0.15) is 0 Å². The van der Waals surface area contributed by atoms with Gasteiger partial charge in [-0.25, -0.2) is 8.42 Å². The van der Waals surface area contributed by atoms with E-state index in [0.717, 1.165) is 0 Å². The molecular formula is C21H19NaO3S. The van der Waals surface area contributed by atoms with E-state index in [0.29, 0.717) is 6.26 Å². The molecule has 0 spiro atoms. The first-order valence-corrected chi connectivity index (χ1v) is 9.53. The van der Waals surface area contributed by atoms with Crippen LogP contribution in [0.15, 0.2) is 97.1 Å². The third-order valence-electron chi connectivity index (χ3n) is 3.32. The van der Waals surface area contributed by atoms with E-state index in [1.807, 2.05) is 0 Å². The summed E-state index contributed by atoms with van der Waals surface area (Å²) < 4.78 is 27.2. The Morgan fingerprint density at radius 2 is 0.654 bits per heavy atom. The van der Waals surface area contributed by atoms with Crippen LogP contribution in [0.4, 0.5) is 0 Å². The monoisotopic (exact) mass is 374 g/mol. The van der Waals surface area contributed by atoms with E-state index in [-0.39, 0.29) is 29.6 Å². The molecule has 3 nitrogen and oxygen atoms in total. The van der Waals surface area contributed by atoms with Crippen molar-refractivity contribution in [2.45, 2.75) is 0 Å². The molecule has 0 unspecified atom stereocenters. The summed E-state index contributed by atoms with van der Waals surface area (Å²) in [5, 5.41) is 5.24. The maximum atomic E-state index is 9.08. The molecule has 0 fully saturated rings. The molecule has 0 saturated carbocycles. The normalized spacial score (nSPS) is 9.92. The van der Waals surface area contributed by atoms with Gasteiger partial charge in [0, 0.05) is 6.26 Å². The van der Waals surface area contributed by atoms with Crippen molar-refractivity contribution in [1.29, 1.82) is 0 Å². The minimum absolute atomic E-state index is 0. The van der Waals surface area contributed by atoms with Gasteiger partial charge < -0.3 is 4.55 Å². The predicted octanol–water partition coefficient (Wildman–Crippen LogP) is 1.85. The zero-order chi connectivity index (χ0) is 18.1. The molecule has 5 heteroatoms. The van der Waals surface area contributed by atoms with Crippen LogP contribution in [-0.2, 0) is 10.1 Å². The Balaban J connectivity index is 0.000000204. The quantitative estimate of drug-likeness (QED) is 0.349. The Hall–Kier alpha value is -1.69. The molecule has 0 aliphatic heterocycles. The SMILES string of the molecule is CS(=O)(=O)[O-].[Na+].c1ccc2ccccc2c1.c1ccc2ccccc2c1. The number of benzene rings is 4. The molecule has 26 heavy (non-hydrogen) atoms. The van der Waals surface area contributed by atoms with E-state index >= 15 is 0 Å². The molecule has 128 valence electrons. The van der Waals surface area contributed by atoms with Crippen molar-refractivity contribution in [2.75, 3.05) is 6.26 Å². The maximum absolute atomic E-state index is 9.08. The van der Waals surface area contributed by atoms with Gasteiger partial charge in [-0.15, -0.1) is 0 Å². The third kappa shape index (κ3) is 8.61. The van der Waals surface area contributed by atoms with Crippen molar-refractivity contribution < 1.29 is 42.5 Å². The van der Waals surface area contributed by atoms with Crippen LogP contribution < -0.4 is 29.6 Å². The van der Waals surface area contributed by atoms with E-state index in [4.69, 9.17) is 13.0 Å². The summed E-state index contributed by atoms with van der Waals surface area (Å²) in [5.74, 6) is 0. The van der Waals surface area contributed by atoms with E-state index in [1.54, 1.807) is 0 Å². The van der Waals surface area contributed by atoms with Crippen molar-refractivity contribution >= 4 is 31.7 Å². The third-order valence-corrected chi connectivity index (χ3v) is 3.32. The number of fused-ring (bicyclic) bond motifs is 2. The Bertz CT molecular complexity index is 837. The number of hydrogen-bond acceptors (Lipinski definition) is 3. The standard InChI is InChI=1S/2C10H8.CH4O3S.Na/c2*1-2-6-10-8-4-3-7-9(10)5-1;1-5(2,3)4;/h2*1-8H;1H3,(H,2,3,4);/q;;;+1/p-1. The van der Waals surface area contributed by atoms with E-state index in [1.165, 1.54) is 21.5 Å². The minimum atomic E-state index is -3.92. The van der Waals surface area contributed by atoms with Gasteiger partial charge in [-0.3, -0.25) is 0 Å². The summed E-state index contributed by atoms with van der Waals surface area (Å²) >= 11 is 0. The molecule has 0 heterocycles. The van der Waals surface area contributed by atoms with Crippen molar-refractivity contribution in [3.05, 3.63) is 97.1 Å². The van der Waals surface area contributed by atoms with Crippen molar-refractivity contribution in [3.63, 3.8) is 0 Å². The van der Waals surface area contributed by atoms with Crippen LogP contribution in [0.3, 0.4) is 0 Å². The zero-order valence-corrected chi connectivity index (χ0v) is 17.7. The Kier molecular flexibility index (Phi) is 9.55. The summed E-state index contributed by atoms with van der Waals surface area (Å²) in [6.07, 6.45) is 0.604. The van der Waals surface area contributed by atoms with Crippen LogP contribution in [-0.4, -0.2) is 19.2 Å². The molecular weight excluding hydrogens is 355 g/mol. The largest absolute Gasteiger partial charge is 1.00 e. The van der Waals surface area contributed by atoms with Gasteiger partial charge >= 0.3 is 29.6 Å². The molecule has 0 N–H and O–H groups in total.